The second kappa shape index (κ2) is 9.06. The maximum absolute atomic E-state index is 13.1. The molecule has 1 aromatic heterocycles. The molecule has 0 aliphatic rings. The van der Waals surface area contributed by atoms with Crippen LogP contribution in [0.2, 0.25) is 0 Å². The highest BCUT2D eigenvalue weighted by Crippen LogP contribution is 2.34. The third kappa shape index (κ3) is 4.64. The molecule has 0 spiro atoms. The van der Waals surface area contributed by atoms with E-state index in [0.717, 1.165) is 30.3 Å². The lowest BCUT2D eigenvalue weighted by molar-refractivity contribution is -0.385. The van der Waals surface area contributed by atoms with E-state index in [1.165, 1.54) is 21.5 Å². The summed E-state index contributed by atoms with van der Waals surface area (Å²) in [5.41, 5.74) is -0.542. The Morgan fingerprint density at radius 3 is 2.31 bits per heavy atom. The van der Waals surface area contributed by atoms with Crippen LogP contribution in [0, 0.1) is 22.9 Å². The lowest BCUT2D eigenvalue weighted by Gasteiger charge is -2.10. The minimum Gasteiger partial charge on any atom is -0.450 e. The number of benzene rings is 3. The number of para-hydroxylation sites is 1. The van der Waals surface area contributed by atoms with Gasteiger partial charge in [0.25, 0.3) is 15.6 Å². The van der Waals surface area contributed by atoms with Gasteiger partial charge in [-0.2, -0.15) is 0 Å². The zero-order valence-corrected chi connectivity index (χ0v) is 19.3. The predicted octanol–water partition coefficient (Wildman–Crippen LogP) is 4.12. The first-order valence-corrected chi connectivity index (χ1v) is 11.7. The van der Waals surface area contributed by atoms with Gasteiger partial charge in [0, 0.05) is 13.1 Å². The average Bonchev–Trinajstić information content (AvgIpc) is 3.03. The van der Waals surface area contributed by atoms with Crippen LogP contribution in [0.4, 0.5) is 15.8 Å². The summed E-state index contributed by atoms with van der Waals surface area (Å²) in [6.45, 7) is 1.57. The Kier molecular flexibility index (Phi) is 6.14. The van der Waals surface area contributed by atoms with Gasteiger partial charge < -0.3 is 4.74 Å². The third-order valence-corrected chi connectivity index (χ3v) is 6.62. The van der Waals surface area contributed by atoms with Crippen molar-refractivity contribution in [2.24, 2.45) is 7.05 Å². The van der Waals surface area contributed by atoms with Crippen molar-refractivity contribution >= 4 is 21.4 Å². The van der Waals surface area contributed by atoms with Crippen molar-refractivity contribution in [2.45, 2.75) is 11.8 Å². The Morgan fingerprint density at radius 1 is 1.03 bits per heavy atom. The second-order valence-electron chi connectivity index (χ2n) is 7.48. The van der Waals surface area contributed by atoms with Gasteiger partial charge in [0.1, 0.15) is 17.3 Å². The van der Waals surface area contributed by atoms with E-state index in [1.54, 1.807) is 44.3 Å². The van der Waals surface area contributed by atoms with Crippen LogP contribution in [-0.2, 0) is 17.1 Å². The van der Waals surface area contributed by atoms with E-state index in [2.05, 4.69) is 4.72 Å². The molecular weight excluding hydrogens is 479 g/mol. The molecule has 0 unspecified atom stereocenters. The number of ether oxygens (including phenoxy) is 1. The normalized spacial score (nSPS) is 11.3. The second-order valence-corrected chi connectivity index (χ2v) is 9.17. The highest BCUT2D eigenvalue weighted by Gasteiger charge is 2.26. The van der Waals surface area contributed by atoms with Crippen LogP contribution in [0.25, 0.3) is 5.69 Å². The van der Waals surface area contributed by atoms with Crippen molar-refractivity contribution in [1.29, 1.82) is 0 Å². The van der Waals surface area contributed by atoms with Gasteiger partial charge in [0.2, 0.25) is 5.75 Å². The largest absolute Gasteiger partial charge is 0.450 e. The Balaban J connectivity index is 1.70. The first-order chi connectivity index (χ1) is 16.6. The smallest absolute Gasteiger partial charge is 0.312 e. The van der Waals surface area contributed by atoms with Crippen molar-refractivity contribution in [3.8, 4) is 17.2 Å². The van der Waals surface area contributed by atoms with Crippen LogP contribution < -0.4 is 15.0 Å². The van der Waals surface area contributed by atoms with Gasteiger partial charge in [-0.1, -0.05) is 18.2 Å². The molecule has 3 aromatic carbocycles. The van der Waals surface area contributed by atoms with Gasteiger partial charge in [-0.05, 0) is 55.5 Å². The van der Waals surface area contributed by atoms with Gasteiger partial charge in [-0.3, -0.25) is 24.3 Å². The average molecular weight is 498 g/mol. The molecule has 0 aliphatic heterocycles. The molecule has 0 saturated heterocycles. The summed E-state index contributed by atoms with van der Waals surface area (Å²) < 4.78 is 49.7. The number of aromatic nitrogens is 2. The fourth-order valence-electron chi connectivity index (χ4n) is 3.40. The number of rotatable bonds is 7. The van der Waals surface area contributed by atoms with Crippen LogP contribution in [0.15, 0.2) is 82.5 Å². The van der Waals surface area contributed by atoms with Crippen molar-refractivity contribution in [2.75, 3.05) is 4.72 Å². The lowest BCUT2D eigenvalue weighted by atomic mass is 10.3. The molecule has 4 rings (SSSR count). The molecule has 1 heterocycles. The van der Waals surface area contributed by atoms with E-state index < -0.39 is 36.9 Å². The number of nitro benzene ring substituents is 1. The zero-order valence-electron chi connectivity index (χ0n) is 18.5. The molecule has 0 fully saturated rings. The van der Waals surface area contributed by atoms with E-state index in [0.29, 0.717) is 11.4 Å². The third-order valence-electron chi connectivity index (χ3n) is 5.27. The molecule has 35 heavy (non-hydrogen) atoms. The summed E-state index contributed by atoms with van der Waals surface area (Å²) in [4.78, 5) is 23.4. The molecule has 0 bridgehead atoms. The Morgan fingerprint density at radius 2 is 1.69 bits per heavy atom. The zero-order chi connectivity index (χ0) is 25.3. The summed E-state index contributed by atoms with van der Waals surface area (Å²) >= 11 is 0. The van der Waals surface area contributed by atoms with E-state index >= 15 is 0 Å². The lowest BCUT2D eigenvalue weighted by Crippen LogP contribution is -2.23. The number of sulfonamides is 1. The SMILES string of the molecule is Cc1c(NS(=O)(=O)c2ccc(Oc3ccc(F)cc3)c([N+](=O)[O-])c2)c(=O)n(-c2ccccc2)n1C. The highest BCUT2D eigenvalue weighted by atomic mass is 32.2. The van der Waals surface area contributed by atoms with E-state index in [-0.39, 0.29) is 17.2 Å². The molecule has 12 heteroatoms. The summed E-state index contributed by atoms with van der Waals surface area (Å²) in [6.07, 6.45) is 0. The van der Waals surface area contributed by atoms with Crippen molar-refractivity contribution in [1.82, 2.24) is 9.36 Å². The molecule has 0 amide bonds. The van der Waals surface area contributed by atoms with Crippen molar-refractivity contribution in [3.05, 3.63) is 105 Å². The first-order valence-electron chi connectivity index (χ1n) is 10.2. The molecule has 0 saturated carbocycles. The number of hydrogen-bond donors (Lipinski definition) is 1. The molecule has 180 valence electrons. The summed E-state index contributed by atoms with van der Waals surface area (Å²) in [7, 11) is -2.78. The number of halogens is 1. The van der Waals surface area contributed by atoms with Crippen molar-refractivity contribution < 1.29 is 22.5 Å². The summed E-state index contributed by atoms with van der Waals surface area (Å²) in [6, 6.07) is 16.5. The molecule has 1 N–H and O–H groups in total. The molecule has 0 aliphatic carbocycles. The summed E-state index contributed by atoms with van der Waals surface area (Å²) in [5, 5.41) is 11.6. The van der Waals surface area contributed by atoms with E-state index in [9.17, 15) is 27.7 Å². The van der Waals surface area contributed by atoms with Gasteiger partial charge >= 0.3 is 5.69 Å². The minimum atomic E-state index is -4.38. The molecular formula is C23H19FN4O6S. The molecule has 0 atom stereocenters. The Bertz CT molecular complexity index is 1580. The van der Waals surface area contributed by atoms with Crippen LogP contribution in [0.3, 0.4) is 0 Å². The molecule has 4 aromatic rings. The maximum Gasteiger partial charge on any atom is 0.312 e. The fraction of sp³-hybridized carbons (Fsp3) is 0.0870. The van der Waals surface area contributed by atoms with E-state index in [4.69, 9.17) is 4.74 Å². The molecule has 10 nitrogen and oxygen atoms in total. The fourth-order valence-corrected chi connectivity index (χ4v) is 4.54. The van der Waals surface area contributed by atoms with Crippen LogP contribution >= 0.6 is 0 Å². The minimum absolute atomic E-state index is 0.129. The van der Waals surface area contributed by atoms with E-state index in [1.807, 2.05) is 0 Å². The Labute approximate surface area is 199 Å². The highest BCUT2D eigenvalue weighted by molar-refractivity contribution is 7.92. The number of nitrogens with one attached hydrogen (secondary N) is 1. The van der Waals surface area contributed by atoms with Crippen LogP contribution in [0.1, 0.15) is 5.69 Å². The van der Waals surface area contributed by atoms with Gasteiger partial charge in [-0.15, -0.1) is 0 Å². The number of nitrogens with zero attached hydrogens (tertiary/aromatic N) is 3. The van der Waals surface area contributed by atoms with Gasteiger partial charge in [-0.25, -0.2) is 17.5 Å². The van der Waals surface area contributed by atoms with Crippen molar-refractivity contribution in [3.63, 3.8) is 0 Å². The van der Waals surface area contributed by atoms with Crippen LogP contribution in [0.5, 0.6) is 11.5 Å². The van der Waals surface area contributed by atoms with Gasteiger partial charge in [0.15, 0.2) is 0 Å². The first kappa shape index (κ1) is 23.7. The number of hydrogen-bond acceptors (Lipinski definition) is 6. The quantitative estimate of drug-likeness (QED) is 0.302. The monoisotopic (exact) mass is 498 g/mol. The maximum atomic E-state index is 13.1. The molecule has 0 radical (unpaired) electrons. The summed E-state index contributed by atoms with van der Waals surface area (Å²) in [5.74, 6) is -0.616. The predicted molar refractivity (Wildman–Crippen MR) is 126 cm³/mol. The topological polar surface area (TPSA) is 125 Å². The standard InChI is InChI=1S/C23H19FN4O6S/c1-15-22(23(29)27(26(15)2)17-6-4-3-5-7-17)25-35(32,33)19-12-13-21(20(14-19)28(30)31)34-18-10-8-16(24)9-11-18/h3-14,25H,1-2H3. The van der Waals surface area contributed by atoms with Gasteiger partial charge in [0.05, 0.1) is 21.2 Å². The Hall–Kier alpha value is -4.45. The number of nitro groups is 1. The van der Waals surface area contributed by atoms with Crippen LogP contribution in [-0.4, -0.2) is 22.7 Å². The number of anilines is 1.